The number of likely N-dealkylation sites (tertiary alicyclic amines) is 1. The molecule has 66 heavy (non-hydrogen) atoms. The van der Waals surface area contributed by atoms with Crippen molar-refractivity contribution in [2.24, 2.45) is 0 Å². The van der Waals surface area contributed by atoms with Gasteiger partial charge in [-0.25, -0.2) is 13.6 Å². The van der Waals surface area contributed by atoms with Crippen molar-refractivity contribution in [3.63, 3.8) is 0 Å². The number of carbonyl (C=O) groups is 2. The fourth-order valence-corrected chi connectivity index (χ4v) is 15.6. The molecule has 4 aromatic rings. The number of hydrogen-bond acceptors (Lipinski definition) is 10. The minimum absolute atomic E-state index is 0.0844. The second kappa shape index (κ2) is 18.8. The molecule has 18 heteroatoms. The van der Waals surface area contributed by atoms with Crippen molar-refractivity contribution >= 4 is 47.6 Å². The lowest BCUT2D eigenvalue weighted by molar-refractivity contribution is -0.186. The number of hydrogen-bond donors (Lipinski definition) is 0. The molecule has 0 spiro atoms. The Bertz CT molecular complexity index is 2520. The van der Waals surface area contributed by atoms with Crippen LogP contribution in [0.25, 0.3) is 32.9 Å². The lowest BCUT2D eigenvalue weighted by Gasteiger charge is -2.42. The molecule has 2 amide bonds. The Balaban J connectivity index is 1.39. The van der Waals surface area contributed by atoms with Crippen molar-refractivity contribution in [3.05, 3.63) is 47.7 Å². The number of alkyl halides is 3. The van der Waals surface area contributed by atoms with E-state index in [9.17, 15) is 22.8 Å². The first-order chi connectivity index (χ1) is 31.0. The Morgan fingerprint density at radius 1 is 0.924 bits per heavy atom. The number of nitrogens with zero attached hydrogens (tertiary/aromatic N) is 6. The van der Waals surface area contributed by atoms with Gasteiger partial charge in [-0.2, -0.15) is 23.1 Å². The number of ether oxygens (including phenoxy) is 4. The van der Waals surface area contributed by atoms with Crippen molar-refractivity contribution in [3.8, 4) is 34.5 Å². The third-order valence-electron chi connectivity index (χ3n) is 13.2. The lowest BCUT2D eigenvalue weighted by atomic mass is 9.95. The summed E-state index contributed by atoms with van der Waals surface area (Å²) in [4.78, 5) is 44.0. The van der Waals surface area contributed by atoms with E-state index in [4.69, 9.17) is 23.9 Å². The second-order valence-corrected chi connectivity index (χ2v) is 25.1. The molecule has 2 bridgehead atoms. The largest absolute Gasteiger partial charge is 0.471 e. The maximum Gasteiger partial charge on any atom is 0.471 e. The van der Waals surface area contributed by atoms with Crippen LogP contribution in [0.4, 0.5) is 32.6 Å². The van der Waals surface area contributed by atoms with Crippen LogP contribution in [-0.2, 0) is 14.3 Å². The summed E-state index contributed by atoms with van der Waals surface area (Å²) >= 11 is 0. The number of benzene rings is 2. The highest BCUT2D eigenvalue weighted by molar-refractivity contribution is 6.90. The molecular weight excluding hydrogens is 880 g/mol. The second-order valence-electron chi connectivity index (χ2n) is 19.5. The number of halogens is 5. The van der Waals surface area contributed by atoms with Crippen LogP contribution in [0.1, 0.15) is 93.6 Å². The summed E-state index contributed by atoms with van der Waals surface area (Å²) in [6, 6.07) is 4.34. The maximum atomic E-state index is 17.8. The average Bonchev–Trinajstić information content (AvgIpc) is 3.82. The van der Waals surface area contributed by atoms with Gasteiger partial charge in [-0.1, -0.05) is 53.5 Å². The highest BCUT2D eigenvalue weighted by Gasteiger charge is 2.47. The molecule has 0 unspecified atom stereocenters. The van der Waals surface area contributed by atoms with Gasteiger partial charge in [0.05, 0.1) is 29.1 Å². The molecule has 3 fully saturated rings. The maximum absolute atomic E-state index is 17.8. The summed E-state index contributed by atoms with van der Waals surface area (Å²) in [5.41, 5.74) is 3.48. The molecule has 356 valence electrons. The van der Waals surface area contributed by atoms with Gasteiger partial charge in [0.15, 0.2) is 12.6 Å². The van der Waals surface area contributed by atoms with Crippen LogP contribution in [0.3, 0.4) is 0 Å². The van der Waals surface area contributed by atoms with E-state index in [-0.39, 0.29) is 94.6 Å². The van der Waals surface area contributed by atoms with Gasteiger partial charge in [-0.15, -0.1) is 5.54 Å². The minimum atomic E-state index is -5.07. The van der Waals surface area contributed by atoms with E-state index in [0.717, 1.165) is 4.90 Å². The van der Waals surface area contributed by atoms with Crippen molar-refractivity contribution in [2.75, 3.05) is 45.0 Å². The Kier molecular flexibility index (Phi) is 13.8. The van der Waals surface area contributed by atoms with Crippen LogP contribution >= 0.6 is 0 Å². The van der Waals surface area contributed by atoms with E-state index in [2.05, 4.69) is 63.0 Å². The van der Waals surface area contributed by atoms with Crippen LogP contribution in [0.5, 0.6) is 11.8 Å². The molecule has 3 aliphatic heterocycles. The van der Waals surface area contributed by atoms with Gasteiger partial charge in [-0.05, 0) is 86.7 Å². The Morgan fingerprint density at radius 2 is 1.59 bits per heavy atom. The first kappa shape index (κ1) is 48.6. The Hall–Kier alpha value is -5.28. The zero-order valence-electron chi connectivity index (χ0n) is 39.2. The molecule has 2 aromatic heterocycles. The number of piperazine rings is 1. The standard InChI is InChI=1S/C48H59F5N6O6Si/c1-27(2)66(28(3)4,29(5)6)19-17-35-38(49)16-13-30-20-34(64-26-62-10)21-36(39(30)35)41-40(50)42-37(22-54-41)43(57-23-31-14-15-32(24-57)59(31)46(61)65-47(7,8)9)56-45(55-42)63-25-33-12-11-18-58(33)44(60)48(51,52)53/h13,16,20-22,27-29,31-33H,11-12,14-15,18,23-26H2,1-10H3/t31-,32+,33-/m0/s1. The van der Waals surface area contributed by atoms with Gasteiger partial charge in [-0.3, -0.25) is 14.7 Å². The van der Waals surface area contributed by atoms with E-state index in [1.165, 1.54) is 19.4 Å². The van der Waals surface area contributed by atoms with Gasteiger partial charge in [0.1, 0.15) is 48.9 Å². The zero-order chi connectivity index (χ0) is 48.0. The highest BCUT2D eigenvalue weighted by Crippen LogP contribution is 2.43. The number of methoxy groups -OCH3 is 1. The summed E-state index contributed by atoms with van der Waals surface area (Å²) in [7, 11) is -0.927. The summed E-state index contributed by atoms with van der Waals surface area (Å²) in [6.45, 7) is 18.3. The van der Waals surface area contributed by atoms with Gasteiger partial charge in [0, 0.05) is 43.9 Å². The number of fused-ring (bicyclic) bond motifs is 4. The molecule has 0 aliphatic carbocycles. The molecule has 12 nitrogen and oxygen atoms in total. The molecule has 3 aliphatic rings. The molecule has 0 radical (unpaired) electrons. The smallest absolute Gasteiger partial charge is 0.468 e. The normalized spacial score (nSPS) is 19.1. The van der Waals surface area contributed by atoms with Gasteiger partial charge in [0.2, 0.25) is 0 Å². The number of anilines is 1. The SMILES string of the molecule is COCOc1cc(-c2ncc3c(N4C[C@H]5CC[C@@H](C4)N5C(=O)OC(C)(C)C)nc(OC[C@@H]4CCCN4C(=O)C(F)(F)F)nc3c2F)c2c(C#C[Si](C(C)C)(C(C)C)C(C)C)c(F)ccc2c1. The van der Waals surface area contributed by atoms with Crippen LogP contribution in [-0.4, -0.2) is 115 Å². The average molecular weight is 939 g/mol. The topological polar surface area (TPSA) is 119 Å². The fraction of sp³-hybridized carbons (Fsp3) is 0.562. The third-order valence-corrected chi connectivity index (χ3v) is 19.5. The van der Waals surface area contributed by atoms with E-state index in [1.807, 2.05) is 4.90 Å². The quantitative estimate of drug-likeness (QED) is 0.0622. The Labute approximate surface area is 383 Å². The van der Waals surface area contributed by atoms with Gasteiger partial charge < -0.3 is 28.7 Å². The first-order valence-electron chi connectivity index (χ1n) is 22.6. The van der Waals surface area contributed by atoms with E-state index >= 15 is 8.78 Å². The molecule has 3 atom stereocenters. The van der Waals surface area contributed by atoms with Crippen LogP contribution < -0.4 is 14.4 Å². The van der Waals surface area contributed by atoms with Crippen LogP contribution in [0.15, 0.2) is 30.5 Å². The fourth-order valence-electron chi connectivity index (χ4n) is 10.3. The zero-order valence-corrected chi connectivity index (χ0v) is 40.2. The predicted molar refractivity (Wildman–Crippen MR) is 244 cm³/mol. The van der Waals surface area contributed by atoms with E-state index in [1.54, 1.807) is 43.9 Å². The number of rotatable bonds is 11. The van der Waals surface area contributed by atoms with E-state index < -0.39 is 49.5 Å². The first-order valence-corrected chi connectivity index (χ1v) is 24.8. The molecular formula is C48H59F5N6O6Si. The molecule has 5 heterocycles. The number of carbonyl (C=O) groups excluding carboxylic acids is 2. The molecule has 3 saturated heterocycles. The third kappa shape index (κ3) is 9.47. The summed E-state index contributed by atoms with van der Waals surface area (Å²) in [5, 5.41) is 1.03. The molecule has 2 aromatic carbocycles. The monoisotopic (exact) mass is 938 g/mol. The summed E-state index contributed by atoms with van der Waals surface area (Å²) < 4.78 is 97.6. The van der Waals surface area contributed by atoms with Crippen molar-refractivity contribution in [1.82, 2.24) is 24.8 Å². The number of aromatic nitrogens is 3. The van der Waals surface area contributed by atoms with Crippen molar-refractivity contribution < 1.29 is 50.5 Å². The van der Waals surface area contributed by atoms with E-state index in [0.29, 0.717) is 48.9 Å². The molecule has 7 rings (SSSR count). The number of pyridine rings is 1. The number of amides is 2. The predicted octanol–water partition coefficient (Wildman–Crippen LogP) is 10.2. The summed E-state index contributed by atoms with van der Waals surface area (Å²) in [5.74, 6) is 0.330. The minimum Gasteiger partial charge on any atom is -0.468 e. The van der Waals surface area contributed by atoms with Crippen LogP contribution in [0.2, 0.25) is 16.6 Å². The molecule has 0 N–H and O–H groups in total. The van der Waals surface area contributed by atoms with Crippen LogP contribution in [0, 0.1) is 23.1 Å². The van der Waals surface area contributed by atoms with Gasteiger partial charge >= 0.3 is 24.2 Å². The summed E-state index contributed by atoms with van der Waals surface area (Å²) in [6.07, 6.45) is -2.14. The van der Waals surface area contributed by atoms with Gasteiger partial charge in [0.25, 0.3) is 0 Å². The molecule has 0 saturated carbocycles. The highest BCUT2D eigenvalue weighted by atomic mass is 28.3. The van der Waals surface area contributed by atoms with Crippen molar-refractivity contribution in [2.45, 2.75) is 135 Å². The lowest BCUT2D eigenvalue weighted by Crippen LogP contribution is -2.57. The Morgan fingerprint density at radius 3 is 2.20 bits per heavy atom. The van der Waals surface area contributed by atoms with Crippen molar-refractivity contribution in [1.29, 1.82) is 0 Å².